The number of nitrogens with two attached hydrogens (primary N) is 1. The van der Waals surface area contributed by atoms with Crippen LogP contribution in [-0.2, 0) is 6.42 Å². The third kappa shape index (κ3) is 2.44. The van der Waals surface area contributed by atoms with Crippen LogP contribution in [0.5, 0.6) is 10.9 Å². The van der Waals surface area contributed by atoms with Gasteiger partial charge in [-0.05, 0) is 24.3 Å². The summed E-state index contributed by atoms with van der Waals surface area (Å²) in [6.45, 7) is 2.01. The minimum atomic E-state index is 0.566. The van der Waals surface area contributed by atoms with Gasteiger partial charge in [-0.3, -0.25) is 0 Å². The molecule has 78 valence electrons. The largest absolute Gasteiger partial charge is 0.430 e. The highest BCUT2D eigenvalue weighted by Crippen LogP contribution is 2.23. The summed E-state index contributed by atoms with van der Waals surface area (Å²) in [5, 5.41) is 0.566. The lowest BCUT2D eigenvalue weighted by Gasteiger charge is -2.00. The first-order valence-corrected chi connectivity index (χ1v) is 5.41. The normalized spacial score (nSPS) is 10.2. The number of anilines is 1. The summed E-state index contributed by atoms with van der Waals surface area (Å²) in [6, 6.07) is 7.19. The van der Waals surface area contributed by atoms with E-state index in [0.29, 0.717) is 10.9 Å². The van der Waals surface area contributed by atoms with Crippen molar-refractivity contribution in [2.75, 3.05) is 5.73 Å². The second-order valence-corrected chi connectivity index (χ2v) is 3.72. The van der Waals surface area contributed by atoms with Gasteiger partial charge in [0.2, 0.25) is 0 Å². The molecular formula is C10H11N3OS. The summed E-state index contributed by atoms with van der Waals surface area (Å²) in [4.78, 5) is 4.20. The molecule has 0 saturated carbocycles. The molecule has 0 radical (unpaired) electrons. The highest BCUT2D eigenvalue weighted by molar-refractivity contribution is 7.07. The van der Waals surface area contributed by atoms with Crippen molar-refractivity contribution >= 4 is 17.2 Å². The summed E-state index contributed by atoms with van der Waals surface area (Å²) in [7, 11) is 0. The van der Waals surface area contributed by atoms with Gasteiger partial charge in [-0.1, -0.05) is 6.92 Å². The minimum Gasteiger partial charge on any atom is -0.430 e. The van der Waals surface area contributed by atoms with E-state index in [1.54, 1.807) is 12.1 Å². The fourth-order valence-electron chi connectivity index (χ4n) is 1.06. The van der Waals surface area contributed by atoms with E-state index in [1.165, 1.54) is 11.5 Å². The number of hydrogen-bond acceptors (Lipinski definition) is 5. The van der Waals surface area contributed by atoms with Gasteiger partial charge in [-0.25, -0.2) is 0 Å². The molecule has 0 aliphatic rings. The fourth-order valence-corrected chi connectivity index (χ4v) is 1.69. The predicted octanol–water partition coefficient (Wildman–Crippen LogP) is 2.47. The number of aromatic nitrogens is 2. The molecule has 15 heavy (non-hydrogen) atoms. The first kappa shape index (κ1) is 9.92. The zero-order chi connectivity index (χ0) is 10.7. The highest BCUT2D eigenvalue weighted by atomic mass is 32.1. The van der Waals surface area contributed by atoms with Crippen LogP contribution in [0.2, 0.25) is 0 Å². The zero-order valence-corrected chi connectivity index (χ0v) is 9.12. The molecule has 4 nitrogen and oxygen atoms in total. The number of benzene rings is 1. The van der Waals surface area contributed by atoms with E-state index in [2.05, 4.69) is 9.36 Å². The maximum Gasteiger partial charge on any atom is 0.298 e. The van der Waals surface area contributed by atoms with Crippen LogP contribution < -0.4 is 10.5 Å². The standard InChI is InChI=1S/C10H11N3OS/c1-2-9-12-10(15-13-9)14-8-5-3-7(11)4-6-8/h3-6H,2,11H2,1H3. The third-order valence-corrected chi connectivity index (χ3v) is 2.48. The Kier molecular flexibility index (Phi) is 2.82. The minimum absolute atomic E-state index is 0.566. The monoisotopic (exact) mass is 221 g/mol. The Bertz CT molecular complexity index is 438. The first-order valence-electron chi connectivity index (χ1n) is 4.64. The van der Waals surface area contributed by atoms with E-state index in [0.717, 1.165) is 18.0 Å². The molecule has 5 heteroatoms. The maximum atomic E-state index is 5.56. The van der Waals surface area contributed by atoms with Crippen LogP contribution in [0.4, 0.5) is 5.69 Å². The first-order chi connectivity index (χ1) is 7.28. The van der Waals surface area contributed by atoms with Gasteiger partial charge in [0.05, 0.1) is 0 Å². The van der Waals surface area contributed by atoms with Gasteiger partial charge in [-0.15, -0.1) is 0 Å². The third-order valence-electron chi connectivity index (χ3n) is 1.85. The van der Waals surface area contributed by atoms with Gasteiger partial charge in [0.1, 0.15) is 11.6 Å². The number of hydrogen-bond donors (Lipinski definition) is 1. The number of nitrogens with zero attached hydrogens (tertiary/aromatic N) is 2. The Morgan fingerprint density at radius 1 is 1.33 bits per heavy atom. The van der Waals surface area contributed by atoms with Gasteiger partial charge in [0.25, 0.3) is 5.19 Å². The van der Waals surface area contributed by atoms with Crippen molar-refractivity contribution in [3.8, 4) is 10.9 Å². The molecule has 0 amide bonds. The van der Waals surface area contributed by atoms with E-state index < -0.39 is 0 Å². The topological polar surface area (TPSA) is 61.0 Å². The quantitative estimate of drug-likeness (QED) is 0.809. The lowest BCUT2D eigenvalue weighted by molar-refractivity contribution is 0.477. The van der Waals surface area contributed by atoms with Crippen molar-refractivity contribution in [1.29, 1.82) is 0 Å². The zero-order valence-electron chi connectivity index (χ0n) is 8.30. The molecule has 1 aromatic carbocycles. The molecule has 0 spiro atoms. The van der Waals surface area contributed by atoms with E-state index in [-0.39, 0.29) is 0 Å². The van der Waals surface area contributed by atoms with Gasteiger partial charge < -0.3 is 10.5 Å². The summed E-state index contributed by atoms with van der Waals surface area (Å²) in [6.07, 6.45) is 0.821. The van der Waals surface area contributed by atoms with E-state index in [1.807, 2.05) is 19.1 Å². The van der Waals surface area contributed by atoms with Gasteiger partial charge >= 0.3 is 0 Å². The van der Waals surface area contributed by atoms with Crippen LogP contribution in [0, 0.1) is 0 Å². The van der Waals surface area contributed by atoms with E-state index in [4.69, 9.17) is 10.5 Å². The van der Waals surface area contributed by atoms with Crippen LogP contribution >= 0.6 is 11.5 Å². The molecule has 0 atom stereocenters. The van der Waals surface area contributed by atoms with Gasteiger partial charge in [0, 0.05) is 23.6 Å². The predicted molar refractivity (Wildman–Crippen MR) is 60.2 cm³/mol. The molecule has 2 N–H and O–H groups in total. The van der Waals surface area contributed by atoms with Crippen molar-refractivity contribution in [2.45, 2.75) is 13.3 Å². The van der Waals surface area contributed by atoms with Crippen molar-refractivity contribution in [1.82, 2.24) is 9.36 Å². The summed E-state index contributed by atoms with van der Waals surface area (Å²) in [5.41, 5.74) is 6.28. The Hall–Kier alpha value is -1.62. The second-order valence-electron chi connectivity index (χ2n) is 3.00. The molecule has 1 heterocycles. The summed E-state index contributed by atoms with van der Waals surface area (Å²) >= 11 is 1.26. The number of aryl methyl sites for hydroxylation is 1. The Labute approximate surface area is 91.9 Å². The molecule has 2 aromatic rings. The molecule has 0 bridgehead atoms. The molecule has 2 rings (SSSR count). The molecule has 1 aromatic heterocycles. The average Bonchev–Trinajstić information content (AvgIpc) is 2.69. The van der Waals surface area contributed by atoms with E-state index >= 15 is 0 Å². The molecule has 0 aliphatic carbocycles. The average molecular weight is 221 g/mol. The van der Waals surface area contributed by atoms with Crippen molar-refractivity contribution in [2.24, 2.45) is 0 Å². The van der Waals surface area contributed by atoms with Crippen LogP contribution in [0.15, 0.2) is 24.3 Å². The van der Waals surface area contributed by atoms with Gasteiger partial charge in [0.15, 0.2) is 0 Å². The lowest BCUT2D eigenvalue weighted by atomic mass is 10.3. The lowest BCUT2D eigenvalue weighted by Crippen LogP contribution is -1.87. The number of rotatable bonds is 3. The van der Waals surface area contributed by atoms with Crippen molar-refractivity contribution in [3.63, 3.8) is 0 Å². The van der Waals surface area contributed by atoms with Crippen LogP contribution in [0.1, 0.15) is 12.7 Å². The molecular weight excluding hydrogens is 210 g/mol. The number of ether oxygens (including phenoxy) is 1. The number of nitrogen functional groups attached to an aromatic ring is 1. The van der Waals surface area contributed by atoms with Crippen molar-refractivity contribution in [3.05, 3.63) is 30.1 Å². The Morgan fingerprint density at radius 3 is 2.67 bits per heavy atom. The molecule has 0 fully saturated rings. The molecule has 0 saturated heterocycles. The summed E-state index contributed by atoms with van der Waals surface area (Å²) < 4.78 is 9.63. The highest BCUT2D eigenvalue weighted by Gasteiger charge is 2.03. The van der Waals surface area contributed by atoms with Crippen LogP contribution in [-0.4, -0.2) is 9.36 Å². The fraction of sp³-hybridized carbons (Fsp3) is 0.200. The summed E-state index contributed by atoms with van der Waals surface area (Å²) in [5.74, 6) is 1.54. The SMILES string of the molecule is CCc1nsc(Oc2ccc(N)cc2)n1. The second kappa shape index (κ2) is 4.27. The molecule has 0 aliphatic heterocycles. The molecule has 0 unspecified atom stereocenters. The van der Waals surface area contributed by atoms with Crippen molar-refractivity contribution < 1.29 is 4.74 Å². The maximum absolute atomic E-state index is 5.56. The van der Waals surface area contributed by atoms with Crippen LogP contribution in [0.25, 0.3) is 0 Å². The van der Waals surface area contributed by atoms with E-state index in [9.17, 15) is 0 Å². The Morgan fingerprint density at radius 2 is 2.07 bits per heavy atom. The van der Waals surface area contributed by atoms with Crippen LogP contribution in [0.3, 0.4) is 0 Å². The Balaban J connectivity index is 2.11. The van der Waals surface area contributed by atoms with Gasteiger partial charge in [-0.2, -0.15) is 9.36 Å². The smallest absolute Gasteiger partial charge is 0.298 e.